The Labute approximate surface area is 104 Å². The van der Waals surface area contributed by atoms with Gasteiger partial charge >= 0.3 is 0 Å². The maximum Gasteiger partial charge on any atom is 0.206 e. The zero-order valence-electron chi connectivity index (χ0n) is 10.2. The largest absolute Gasteiger partial charge is 0.494 e. The molecular weight excluding hydrogens is 232 g/mol. The van der Waals surface area contributed by atoms with Crippen LogP contribution in [-0.2, 0) is 7.05 Å². The Hall–Kier alpha value is -2.21. The Morgan fingerprint density at radius 3 is 2.94 bits per heavy atom. The van der Waals surface area contributed by atoms with Crippen LogP contribution in [0.5, 0.6) is 5.75 Å². The van der Waals surface area contributed by atoms with Crippen molar-refractivity contribution in [3.63, 3.8) is 0 Å². The van der Waals surface area contributed by atoms with Crippen molar-refractivity contribution in [2.75, 3.05) is 7.11 Å². The number of pyridine rings is 1. The topological polar surface area (TPSA) is 83.0 Å². The second-order valence-corrected chi connectivity index (χ2v) is 3.84. The van der Waals surface area contributed by atoms with Crippen LogP contribution < -0.4 is 10.5 Å². The smallest absolute Gasteiger partial charge is 0.206 e. The molecule has 94 valence electrons. The zero-order valence-corrected chi connectivity index (χ0v) is 10.2. The second-order valence-electron chi connectivity index (χ2n) is 3.84. The fraction of sp³-hybridized carbons (Fsp3) is 0.250. The highest BCUT2D eigenvalue weighted by Gasteiger charge is 2.23. The molecule has 0 aromatic carbocycles. The van der Waals surface area contributed by atoms with E-state index in [9.17, 15) is 4.79 Å². The number of nitrogens with two attached hydrogens (primary N) is 1. The number of methoxy groups -OCH3 is 1. The van der Waals surface area contributed by atoms with E-state index in [2.05, 4.69) is 10.1 Å². The third kappa shape index (κ3) is 2.23. The van der Waals surface area contributed by atoms with Gasteiger partial charge < -0.3 is 10.5 Å². The lowest BCUT2D eigenvalue weighted by Crippen LogP contribution is -2.22. The molecule has 6 nitrogen and oxygen atoms in total. The van der Waals surface area contributed by atoms with Crippen molar-refractivity contribution in [2.45, 2.75) is 6.04 Å². The Bertz CT molecular complexity index is 565. The monoisotopic (exact) mass is 246 g/mol. The van der Waals surface area contributed by atoms with Gasteiger partial charge in [-0.05, 0) is 12.1 Å². The van der Waals surface area contributed by atoms with E-state index in [1.807, 2.05) is 0 Å². The van der Waals surface area contributed by atoms with E-state index in [0.29, 0.717) is 11.3 Å². The maximum atomic E-state index is 12.2. The normalized spacial score (nSPS) is 12.2. The van der Waals surface area contributed by atoms with Crippen LogP contribution in [0.3, 0.4) is 0 Å². The molecule has 0 spiro atoms. The van der Waals surface area contributed by atoms with Crippen LogP contribution >= 0.6 is 0 Å². The first-order valence-electron chi connectivity index (χ1n) is 5.41. The van der Waals surface area contributed by atoms with Crippen LogP contribution in [0.2, 0.25) is 0 Å². The van der Waals surface area contributed by atoms with Gasteiger partial charge in [-0.3, -0.25) is 9.48 Å². The summed E-state index contributed by atoms with van der Waals surface area (Å²) < 4.78 is 6.69. The second kappa shape index (κ2) is 4.97. The SMILES string of the molecule is COc1cccnc1C(=O)C(N)c1cnn(C)c1. The predicted octanol–water partition coefficient (Wildman–Crippen LogP) is 0.706. The minimum atomic E-state index is -0.789. The third-order valence-electron chi connectivity index (χ3n) is 2.59. The van der Waals surface area contributed by atoms with Crippen LogP contribution in [0, 0.1) is 0 Å². The van der Waals surface area contributed by atoms with Gasteiger partial charge in [-0.15, -0.1) is 0 Å². The van der Waals surface area contributed by atoms with Crippen LogP contribution in [0.1, 0.15) is 22.1 Å². The van der Waals surface area contributed by atoms with Gasteiger partial charge in [-0.25, -0.2) is 4.98 Å². The number of carbonyl (C=O) groups excluding carboxylic acids is 1. The van der Waals surface area contributed by atoms with Gasteiger partial charge in [0.05, 0.1) is 19.3 Å². The summed E-state index contributed by atoms with van der Waals surface area (Å²) in [6, 6.07) is 2.59. The van der Waals surface area contributed by atoms with E-state index >= 15 is 0 Å². The minimum Gasteiger partial charge on any atom is -0.494 e. The number of ketones is 1. The standard InChI is InChI=1S/C12H14N4O2/c1-16-7-8(6-15-16)10(13)12(17)11-9(18-2)4-3-5-14-11/h3-7,10H,13H2,1-2H3. The molecule has 0 radical (unpaired) electrons. The van der Waals surface area contributed by atoms with E-state index in [4.69, 9.17) is 10.5 Å². The summed E-state index contributed by atoms with van der Waals surface area (Å²) in [6.45, 7) is 0. The fourth-order valence-electron chi connectivity index (χ4n) is 1.64. The van der Waals surface area contributed by atoms with Crippen molar-refractivity contribution in [1.29, 1.82) is 0 Å². The number of hydrogen-bond donors (Lipinski definition) is 1. The summed E-state index contributed by atoms with van der Waals surface area (Å²) in [5.41, 5.74) is 6.79. The summed E-state index contributed by atoms with van der Waals surface area (Å²) in [5.74, 6) is 0.127. The summed E-state index contributed by atoms with van der Waals surface area (Å²) in [7, 11) is 3.26. The molecule has 2 heterocycles. The number of rotatable bonds is 4. The Morgan fingerprint density at radius 2 is 2.33 bits per heavy atom. The average Bonchev–Trinajstić information content (AvgIpc) is 2.83. The van der Waals surface area contributed by atoms with Crippen molar-refractivity contribution in [2.24, 2.45) is 12.8 Å². The quantitative estimate of drug-likeness (QED) is 0.803. The summed E-state index contributed by atoms with van der Waals surface area (Å²) >= 11 is 0. The molecule has 0 saturated heterocycles. The van der Waals surface area contributed by atoms with E-state index in [1.54, 1.807) is 36.3 Å². The summed E-state index contributed by atoms with van der Waals surface area (Å²) in [4.78, 5) is 16.3. The first-order chi connectivity index (χ1) is 8.63. The molecule has 1 atom stereocenters. The van der Waals surface area contributed by atoms with Crippen LogP contribution in [0.15, 0.2) is 30.7 Å². The highest BCUT2D eigenvalue weighted by atomic mass is 16.5. The molecule has 0 saturated carbocycles. The fourth-order valence-corrected chi connectivity index (χ4v) is 1.64. The Balaban J connectivity index is 2.31. The maximum absolute atomic E-state index is 12.2. The van der Waals surface area contributed by atoms with E-state index in [-0.39, 0.29) is 11.5 Å². The number of nitrogens with zero attached hydrogens (tertiary/aromatic N) is 3. The van der Waals surface area contributed by atoms with E-state index in [0.717, 1.165) is 0 Å². The van der Waals surface area contributed by atoms with Gasteiger partial charge in [0.2, 0.25) is 5.78 Å². The molecule has 1 unspecified atom stereocenters. The number of aryl methyl sites for hydroxylation is 1. The molecule has 0 fully saturated rings. The molecule has 0 bridgehead atoms. The highest BCUT2D eigenvalue weighted by molar-refractivity contribution is 6.01. The van der Waals surface area contributed by atoms with E-state index in [1.165, 1.54) is 13.3 Å². The van der Waals surface area contributed by atoms with Crippen molar-refractivity contribution in [1.82, 2.24) is 14.8 Å². The first-order valence-corrected chi connectivity index (χ1v) is 5.41. The number of Topliss-reactive ketones (excluding diaryl/α,β-unsaturated/α-hetero) is 1. The molecule has 0 aliphatic carbocycles. The van der Waals surface area contributed by atoms with Crippen molar-refractivity contribution >= 4 is 5.78 Å². The molecule has 2 aromatic heterocycles. The molecule has 0 aliphatic rings. The molecule has 2 rings (SSSR count). The van der Waals surface area contributed by atoms with Crippen LogP contribution in [0.4, 0.5) is 0 Å². The molecule has 2 N–H and O–H groups in total. The molecule has 0 amide bonds. The van der Waals surface area contributed by atoms with Gasteiger partial charge in [-0.1, -0.05) is 0 Å². The van der Waals surface area contributed by atoms with Crippen molar-refractivity contribution in [3.8, 4) is 5.75 Å². The molecule has 18 heavy (non-hydrogen) atoms. The molecule has 6 heteroatoms. The van der Waals surface area contributed by atoms with Gasteiger partial charge in [0.15, 0.2) is 0 Å². The van der Waals surface area contributed by atoms with E-state index < -0.39 is 6.04 Å². The van der Waals surface area contributed by atoms with Crippen LogP contribution in [0.25, 0.3) is 0 Å². The molecule has 0 aliphatic heterocycles. The van der Waals surface area contributed by atoms with Crippen molar-refractivity contribution in [3.05, 3.63) is 42.0 Å². The Kier molecular flexibility index (Phi) is 3.38. The van der Waals surface area contributed by atoms with Gasteiger partial charge in [-0.2, -0.15) is 5.10 Å². The molecular formula is C12H14N4O2. The highest BCUT2D eigenvalue weighted by Crippen LogP contribution is 2.21. The summed E-state index contributed by atoms with van der Waals surface area (Å²) in [5, 5.41) is 3.99. The molecule has 2 aromatic rings. The summed E-state index contributed by atoms with van der Waals surface area (Å²) in [6.07, 6.45) is 4.81. The van der Waals surface area contributed by atoms with Gasteiger partial charge in [0, 0.05) is 25.0 Å². The average molecular weight is 246 g/mol. The lowest BCUT2D eigenvalue weighted by Gasteiger charge is -2.10. The minimum absolute atomic E-state index is 0.233. The number of ether oxygens (including phenoxy) is 1. The Morgan fingerprint density at radius 1 is 1.56 bits per heavy atom. The predicted molar refractivity (Wildman–Crippen MR) is 65.3 cm³/mol. The number of carbonyl (C=O) groups is 1. The first kappa shape index (κ1) is 12.3. The lowest BCUT2D eigenvalue weighted by atomic mass is 10.0. The zero-order chi connectivity index (χ0) is 13.1. The van der Waals surface area contributed by atoms with Crippen LogP contribution in [-0.4, -0.2) is 27.7 Å². The number of hydrogen-bond acceptors (Lipinski definition) is 5. The van der Waals surface area contributed by atoms with Gasteiger partial charge in [0.25, 0.3) is 0 Å². The third-order valence-corrected chi connectivity index (χ3v) is 2.59. The van der Waals surface area contributed by atoms with Crippen molar-refractivity contribution < 1.29 is 9.53 Å². The lowest BCUT2D eigenvalue weighted by molar-refractivity contribution is 0.0953. The van der Waals surface area contributed by atoms with Gasteiger partial charge in [0.1, 0.15) is 11.4 Å². The number of aromatic nitrogens is 3.